The van der Waals surface area contributed by atoms with E-state index >= 15 is 0 Å². The van der Waals surface area contributed by atoms with Crippen LogP contribution in [0.25, 0.3) is 0 Å². The van der Waals surface area contributed by atoms with Crippen molar-refractivity contribution in [3.05, 3.63) is 22.8 Å². The normalized spacial score (nSPS) is 39.4. The first-order valence-electron chi connectivity index (χ1n) is 11.6. The molecule has 0 bridgehead atoms. The molecule has 0 aromatic heterocycles. The van der Waals surface area contributed by atoms with Gasteiger partial charge in [-0.05, 0) is 86.5 Å². The van der Waals surface area contributed by atoms with Crippen LogP contribution < -0.4 is 10.5 Å². The molecule has 7 unspecified atom stereocenters. The van der Waals surface area contributed by atoms with E-state index in [1.807, 2.05) is 7.11 Å². The third-order valence-corrected chi connectivity index (χ3v) is 8.94. The van der Waals surface area contributed by atoms with Gasteiger partial charge in [0.2, 0.25) is 0 Å². The molecule has 0 aromatic rings. The number of nitrogens with two attached hydrogens (primary N) is 1. The van der Waals surface area contributed by atoms with Gasteiger partial charge in [-0.3, -0.25) is 4.72 Å². The zero-order valence-electron chi connectivity index (χ0n) is 18.7. The summed E-state index contributed by atoms with van der Waals surface area (Å²) in [6, 6.07) is 0.669. The van der Waals surface area contributed by atoms with Crippen LogP contribution in [0.15, 0.2) is 22.8 Å². The van der Waals surface area contributed by atoms with E-state index in [-0.39, 0.29) is 0 Å². The summed E-state index contributed by atoms with van der Waals surface area (Å²) in [6.45, 7) is 7.19. The molecule has 3 saturated carbocycles. The Balaban J connectivity index is 0.00000109. The largest absolute Gasteiger partial charge is 0.381 e. The molecule has 4 rings (SSSR count). The van der Waals surface area contributed by atoms with Gasteiger partial charge in [-0.25, -0.2) is 0 Å². The van der Waals surface area contributed by atoms with Gasteiger partial charge in [0, 0.05) is 24.3 Å². The quantitative estimate of drug-likeness (QED) is 0.550. The van der Waals surface area contributed by atoms with Crippen molar-refractivity contribution in [3.8, 4) is 0 Å². The van der Waals surface area contributed by atoms with Gasteiger partial charge in [-0.2, -0.15) is 0 Å². The molecule has 28 heavy (non-hydrogen) atoms. The summed E-state index contributed by atoms with van der Waals surface area (Å²) < 4.78 is 9.43. The van der Waals surface area contributed by atoms with Gasteiger partial charge in [0.05, 0.1) is 6.10 Å². The lowest BCUT2D eigenvalue weighted by atomic mass is 9.79. The first kappa shape index (κ1) is 22.4. The van der Waals surface area contributed by atoms with Gasteiger partial charge < -0.3 is 10.5 Å². The standard InChI is InChI=1S/C23H37NOS.CH5N/c1-5-6-16-13-19-22(16)23(19)17-7-10-21(15(3)11-17)26-24-20-9-8-18(25-4)12-14(20)2;1-2/h13-15,17-18,20-21,23-24H,5-12H2,1-4H3;2H2,1H3. The highest BCUT2D eigenvalue weighted by Crippen LogP contribution is 2.62. The first-order valence-corrected chi connectivity index (χ1v) is 12.5. The predicted octanol–water partition coefficient (Wildman–Crippen LogP) is 5.47. The second-order valence-corrected chi connectivity index (χ2v) is 10.4. The highest BCUT2D eigenvalue weighted by atomic mass is 32.2. The SMILES string of the molecule is CCCC1=C2C(=C1)C2C1CCC(SNC2CCC(OC)CC2C)C(C)C1.CN. The minimum Gasteiger partial charge on any atom is -0.381 e. The molecule has 4 heteroatoms. The number of allylic oxidation sites excluding steroid dienone is 4. The first-order chi connectivity index (χ1) is 13.6. The lowest BCUT2D eigenvalue weighted by molar-refractivity contribution is 0.0457. The molecule has 0 amide bonds. The fourth-order valence-corrected chi connectivity index (χ4v) is 7.06. The van der Waals surface area contributed by atoms with Crippen LogP contribution in [-0.4, -0.2) is 31.6 Å². The average molecular weight is 407 g/mol. The van der Waals surface area contributed by atoms with Crippen LogP contribution in [0.3, 0.4) is 0 Å². The summed E-state index contributed by atoms with van der Waals surface area (Å²) in [5.74, 6) is 3.38. The van der Waals surface area contributed by atoms with E-state index in [1.165, 1.54) is 58.4 Å². The van der Waals surface area contributed by atoms with Crippen LogP contribution in [0.4, 0.5) is 0 Å². The smallest absolute Gasteiger partial charge is 0.0575 e. The van der Waals surface area contributed by atoms with E-state index in [9.17, 15) is 0 Å². The Hall–Kier alpha value is -0.290. The number of nitrogens with one attached hydrogen (secondary N) is 1. The molecule has 160 valence electrons. The fourth-order valence-electron chi connectivity index (χ4n) is 5.76. The summed E-state index contributed by atoms with van der Waals surface area (Å²) in [4.78, 5) is 0. The third-order valence-electron chi connectivity index (χ3n) is 7.50. The van der Waals surface area contributed by atoms with Crippen LogP contribution in [0.2, 0.25) is 0 Å². The molecule has 4 aliphatic carbocycles. The zero-order chi connectivity index (χ0) is 20.3. The van der Waals surface area contributed by atoms with E-state index in [4.69, 9.17) is 4.74 Å². The van der Waals surface area contributed by atoms with Gasteiger partial charge in [0.15, 0.2) is 0 Å². The zero-order valence-corrected chi connectivity index (χ0v) is 19.5. The van der Waals surface area contributed by atoms with Gasteiger partial charge in [0.1, 0.15) is 0 Å². The van der Waals surface area contributed by atoms with Crippen LogP contribution >= 0.6 is 11.9 Å². The number of methoxy groups -OCH3 is 1. The maximum Gasteiger partial charge on any atom is 0.0575 e. The fraction of sp³-hybridized carbons (Fsp3) is 0.833. The second-order valence-electron chi connectivity index (χ2n) is 9.35. The highest BCUT2D eigenvalue weighted by molar-refractivity contribution is 7.98. The van der Waals surface area contributed by atoms with Crippen LogP contribution in [0.5, 0.6) is 0 Å². The molecule has 0 aliphatic heterocycles. The van der Waals surface area contributed by atoms with Gasteiger partial charge >= 0.3 is 0 Å². The average Bonchev–Trinajstić information content (AvgIpc) is 3.32. The van der Waals surface area contributed by atoms with E-state index in [1.54, 1.807) is 16.7 Å². The maximum absolute atomic E-state index is 5.56. The molecule has 0 aromatic carbocycles. The van der Waals surface area contributed by atoms with Crippen LogP contribution in [-0.2, 0) is 4.74 Å². The van der Waals surface area contributed by atoms with Crippen molar-refractivity contribution in [3.63, 3.8) is 0 Å². The Morgan fingerprint density at radius 2 is 1.89 bits per heavy atom. The number of hydrogen-bond donors (Lipinski definition) is 2. The summed E-state index contributed by atoms with van der Waals surface area (Å²) >= 11 is 2.07. The molecule has 3 nitrogen and oxygen atoms in total. The molecule has 4 aliphatic rings. The molecule has 3 N–H and O–H groups in total. The van der Waals surface area contributed by atoms with E-state index in [0.717, 1.165) is 28.9 Å². The number of rotatable bonds is 7. The highest BCUT2D eigenvalue weighted by Gasteiger charge is 2.50. The maximum atomic E-state index is 5.56. The molecule has 0 spiro atoms. The Kier molecular flexibility index (Phi) is 8.12. The van der Waals surface area contributed by atoms with Crippen LogP contribution in [0.1, 0.15) is 72.1 Å². The molecule has 0 radical (unpaired) electrons. The minimum absolute atomic E-state index is 0.484. The summed E-state index contributed by atoms with van der Waals surface area (Å²) in [5, 5.41) is 0.799. The van der Waals surface area contributed by atoms with Crippen LogP contribution in [0, 0.1) is 23.7 Å². The van der Waals surface area contributed by atoms with Gasteiger partial charge in [0.25, 0.3) is 0 Å². The number of hydrogen-bond acceptors (Lipinski definition) is 4. The predicted molar refractivity (Wildman–Crippen MR) is 122 cm³/mol. The molecule has 3 fully saturated rings. The lowest BCUT2D eigenvalue weighted by Gasteiger charge is -2.37. The minimum atomic E-state index is 0.484. The van der Waals surface area contributed by atoms with Crippen molar-refractivity contribution in [2.45, 2.75) is 89.5 Å². The van der Waals surface area contributed by atoms with Crippen molar-refractivity contribution in [1.82, 2.24) is 4.72 Å². The van der Waals surface area contributed by atoms with E-state index in [0.29, 0.717) is 12.1 Å². The van der Waals surface area contributed by atoms with Crippen molar-refractivity contribution < 1.29 is 4.74 Å². The van der Waals surface area contributed by atoms with E-state index < -0.39 is 0 Å². The Morgan fingerprint density at radius 1 is 1.11 bits per heavy atom. The molecule has 0 heterocycles. The van der Waals surface area contributed by atoms with Gasteiger partial charge in [-0.15, -0.1) is 0 Å². The molecular weight excluding hydrogens is 364 g/mol. The summed E-state index contributed by atoms with van der Waals surface area (Å²) in [6.07, 6.45) is 13.5. The topological polar surface area (TPSA) is 47.3 Å². The summed E-state index contributed by atoms with van der Waals surface area (Å²) in [7, 11) is 3.36. The van der Waals surface area contributed by atoms with Crippen molar-refractivity contribution in [2.75, 3.05) is 14.2 Å². The van der Waals surface area contributed by atoms with Crippen molar-refractivity contribution >= 4 is 11.9 Å². The summed E-state index contributed by atoms with van der Waals surface area (Å²) in [5.41, 5.74) is 9.72. The lowest BCUT2D eigenvalue weighted by Crippen LogP contribution is -2.40. The van der Waals surface area contributed by atoms with E-state index in [2.05, 4.69) is 49.3 Å². The van der Waals surface area contributed by atoms with Crippen molar-refractivity contribution in [2.24, 2.45) is 29.4 Å². The number of ether oxygens (including phenoxy) is 1. The number of fused-ring (bicyclic) bond motifs is 1. The Labute approximate surface area is 177 Å². The Bertz CT molecular complexity index is 587. The monoisotopic (exact) mass is 406 g/mol. The third kappa shape index (κ3) is 4.71. The second kappa shape index (κ2) is 10.1. The molecular formula is C24H42N2OS. The van der Waals surface area contributed by atoms with Crippen molar-refractivity contribution in [1.29, 1.82) is 0 Å². The Morgan fingerprint density at radius 3 is 2.54 bits per heavy atom. The van der Waals surface area contributed by atoms with Gasteiger partial charge in [-0.1, -0.05) is 45.2 Å². The molecule has 0 saturated heterocycles. The molecule has 7 atom stereocenters.